The van der Waals surface area contributed by atoms with Crippen LogP contribution in [0.4, 0.5) is 5.69 Å². The van der Waals surface area contributed by atoms with E-state index in [1.165, 1.54) is 30.9 Å². The largest absolute Gasteiger partial charge is 0.493 e. The van der Waals surface area contributed by atoms with Crippen molar-refractivity contribution in [2.24, 2.45) is 0 Å². The van der Waals surface area contributed by atoms with E-state index >= 15 is 0 Å². The number of nitrogens with zero attached hydrogens (tertiary/aromatic N) is 2. The molecule has 4 rings (SSSR count). The van der Waals surface area contributed by atoms with E-state index in [4.69, 9.17) is 25.8 Å². The zero-order chi connectivity index (χ0) is 27.2. The van der Waals surface area contributed by atoms with Gasteiger partial charge in [0.15, 0.2) is 11.5 Å². The first kappa shape index (κ1) is 27.2. The Balaban J connectivity index is 1.66. The number of carbonyl (C=O) groups is 2. The fourth-order valence-corrected chi connectivity index (χ4v) is 4.53. The Kier molecular flexibility index (Phi) is 8.70. The van der Waals surface area contributed by atoms with Crippen molar-refractivity contribution in [2.75, 3.05) is 32.7 Å². The summed E-state index contributed by atoms with van der Waals surface area (Å²) in [7, 11) is 2.85. The molecule has 11 nitrogen and oxygen atoms in total. The normalized spacial score (nSPS) is 14.9. The summed E-state index contributed by atoms with van der Waals surface area (Å²) in [6.07, 6.45) is 1.69. The summed E-state index contributed by atoms with van der Waals surface area (Å²) in [6.45, 7) is 0.472. The first-order valence-electron chi connectivity index (χ1n) is 12.1. The van der Waals surface area contributed by atoms with Crippen molar-refractivity contribution in [1.82, 2.24) is 14.5 Å². The maximum absolute atomic E-state index is 13.5. The lowest BCUT2D eigenvalue weighted by Crippen LogP contribution is -2.43. The highest BCUT2D eigenvalue weighted by Gasteiger charge is 2.20. The third kappa shape index (κ3) is 6.17. The molecule has 0 saturated carbocycles. The molecule has 2 N–H and O–H groups in total. The van der Waals surface area contributed by atoms with Crippen molar-refractivity contribution in [3.05, 3.63) is 62.3 Å². The number of methoxy groups -OCH3 is 2. The van der Waals surface area contributed by atoms with Gasteiger partial charge in [-0.2, -0.15) is 0 Å². The number of benzene rings is 2. The molecule has 1 aromatic heterocycles. The van der Waals surface area contributed by atoms with Crippen LogP contribution in [-0.4, -0.2) is 54.4 Å². The van der Waals surface area contributed by atoms with Crippen molar-refractivity contribution in [3.8, 4) is 11.5 Å². The van der Waals surface area contributed by atoms with Gasteiger partial charge in [0, 0.05) is 42.9 Å². The van der Waals surface area contributed by atoms with Crippen LogP contribution in [-0.2, 0) is 27.4 Å². The predicted molar refractivity (Wildman–Crippen MR) is 142 cm³/mol. The molecule has 0 aliphatic carbocycles. The fourth-order valence-electron chi connectivity index (χ4n) is 4.34. The van der Waals surface area contributed by atoms with Gasteiger partial charge in [-0.25, -0.2) is 4.79 Å². The summed E-state index contributed by atoms with van der Waals surface area (Å²) in [4.78, 5) is 52.2. The van der Waals surface area contributed by atoms with Crippen molar-refractivity contribution in [1.29, 1.82) is 0 Å². The lowest BCUT2D eigenvalue weighted by molar-refractivity contribution is -0.122. The maximum atomic E-state index is 13.5. The van der Waals surface area contributed by atoms with Crippen LogP contribution in [0.1, 0.15) is 19.3 Å². The van der Waals surface area contributed by atoms with E-state index < -0.39 is 23.7 Å². The predicted octanol–water partition coefficient (Wildman–Crippen LogP) is 2.16. The van der Waals surface area contributed by atoms with Gasteiger partial charge in [-0.15, -0.1) is 0 Å². The van der Waals surface area contributed by atoms with Crippen LogP contribution in [0.25, 0.3) is 10.9 Å². The van der Waals surface area contributed by atoms with Gasteiger partial charge >= 0.3 is 5.69 Å². The lowest BCUT2D eigenvalue weighted by Gasteiger charge is -2.16. The van der Waals surface area contributed by atoms with Gasteiger partial charge < -0.3 is 24.8 Å². The van der Waals surface area contributed by atoms with Crippen molar-refractivity contribution in [2.45, 2.75) is 38.5 Å². The van der Waals surface area contributed by atoms with E-state index in [1.807, 2.05) is 0 Å². The van der Waals surface area contributed by atoms with Crippen LogP contribution in [0, 0.1) is 0 Å². The Labute approximate surface area is 223 Å². The van der Waals surface area contributed by atoms with E-state index in [0.29, 0.717) is 23.9 Å². The van der Waals surface area contributed by atoms with Gasteiger partial charge in [-0.1, -0.05) is 17.7 Å². The second-order valence-corrected chi connectivity index (χ2v) is 9.23. The molecule has 2 aromatic carbocycles. The molecule has 1 atom stereocenters. The molecule has 1 aliphatic heterocycles. The number of hydrogen-bond donors (Lipinski definition) is 2. The minimum Gasteiger partial charge on any atom is -0.493 e. The highest BCUT2D eigenvalue weighted by molar-refractivity contribution is 6.30. The van der Waals surface area contributed by atoms with Crippen LogP contribution in [0.2, 0.25) is 5.02 Å². The molecule has 1 fully saturated rings. The lowest BCUT2D eigenvalue weighted by atomic mass is 10.2. The first-order valence-corrected chi connectivity index (χ1v) is 12.5. The number of ether oxygens (including phenoxy) is 3. The second-order valence-electron chi connectivity index (χ2n) is 8.80. The summed E-state index contributed by atoms with van der Waals surface area (Å²) in [5, 5.41) is 6.06. The summed E-state index contributed by atoms with van der Waals surface area (Å²) in [5.41, 5.74) is -0.694. The molecule has 0 spiro atoms. The highest BCUT2D eigenvalue weighted by Crippen LogP contribution is 2.30. The molecule has 2 amide bonds. The molecule has 1 aliphatic rings. The summed E-state index contributed by atoms with van der Waals surface area (Å²) in [5.74, 6) is -0.255. The molecule has 12 heteroatoms. The van der Waals surface area contributed by atoms with Crippen LogP contribution in [0.15, 0.2) is 46.0 Å². The van der Waals surface area contributed by atoms with E-state index in [0.717, 1.165) is 17.4 Å². The van der Waals surface area contributed by atoms with Gasteiger partial charge in [0.2, 0.25) is 11.8 Å². The van der Waals surface area contributed by atoms with Crippen LogP contribution in [0.3, 0.4) is 0 Å². The standard InChI is InChI=1S/C26H29ClN4O7/c1-36-21-12-19-20(13-22(21)37-2)31(15-24(33)29-17-6-3-5-16(27)11-17)26(35)30(25(19)34)9-8-23(32)28-14-18-7-4-10-38-18/h3,5-6,11-13,18H,4,7-10,14-15H2,1-2H3,(H,28,32)(H,29,33). The topological polar surface area (TPSA) is 130 Å². The molecule has 1 unspecified atom stereocenters. The highest BCUT2D eigenvalue weighted by atomic mass is 35.5. The van der Waals surface area contributed by atoms with Crippen LogP contribution >= 0.6 is 11.6 Å². The van der Waals surface area contributed by atoms with Gasteiger partial charge in [-0.3, -0.25) is 23.5 Å². The molecule has 38 heavy (non-hydrogen) atoms. The minimum atomic E-state index is -0.733. The maximum Gasteiger partial charge on any atom is 0.331 e. The summed E-state index contributed by atoms with van der Waals surface area (Å²) < 4.78 is 18.3. The number of rotatable bonds is 10. The number of anilines is 1. The zero-order valence-electron chi connectivity index (χ0n) is 21.1. The third-order valence-corrected chi connectivity index (χ3v) is 6.49. The Bertz CT molecular complexity index is 1460. The molecule has 0 bridgehead atoms. The number of amides is 2. The van der Waals surface area contributed by atoms with Crippen molar-refractivity contribution < 1.29 is 23.8 Å². The molecule has 2 heterocycles. The van der Waals surface area contributed by atoms with E-state index in [2.05, 4.69) is 10.6 Å². The smallest absolute Gasteiger partial charge is 0.331 e. The van der Waals surface area contributed by atoms with Crippen molar-refractivity contribution in [3.63, 3.8) is 0 Å². The first-order chi connectivity index (χ1) is 18.3. The summed E-state index contributed by atoms with van der Waals surface area (Å²) >= 11 is 6.00. The molecular weight excluding hydrogens is 516 g/mol. The third-order valence-electron chi connectivity index (χ3n) is 6.25. The summed E-state index contributed by atoms with van der Waals surface area (Å²) in [6, 6.07) is 9.51. The number of aromatic nitrogens is 2. The molecule has 202 valence electrons. The number of fused-ring (bicyclic) bond motifs is 1. The van der Waals surface area contributed by atoms with Crippen molar-refractivity contribution >= 4 is 40.0 Å². The average molecular weight is 545 g/mol. The number of nitrogens with one attached hydrogen (secondary N) is 2. The van der Waals surface area contributed by atoms with E-state index in [9.17, 15) is 19.2 Å². The Morgan fingerprint density at radius 1 is 1.08 bits per heavy atom. The average Bonchev–Trinajstić information content (AvgIpc) is 3.43. The minimum absolute atomic E-state index is 0.0278. The van der Waals surface area contributed by atoms with Crippen LogP contribution in [0.5, 0.6) is 11.5 Å². The van der Waals surface area contributed by atoms with E-state index in [1.54, 1.807) is 24.3 Å². The number of halogens is 1. The van der Waals surface area contributed by atoms with Gasteiger partial charge in [0.25, 0.3) is 5.56 Å². The Hall–Kier alpha value is -3.83. The SMILES string of the molecule is COc1cc2c(=O)n(CCC(=O)NCC3CCCO3)c(=O)n(CC(=O)Nc3cccc(Cl)c3)c2cc1OC. The Morgan fingerprint density at radius 2 is 1.84 bits per heavy atom. The van der Waals surface area contributed by atoms with Gasteiger partial charge in [-0.05, 0) is 37.1 Å². The van der Waals surface area contributed by atoms with Crippen LogP contribution < -0.4 is 31.4 Å². The molecule has 0 radical (unpaired) electrons. The second kappa shape index (κ2) is 12.1. The fraction of sp³-hybridized carbons (Fsp3) is 0.385. The van der Waals surface area contributed by atoms with E-state index in [-0.39, 0.29) is 47.4 Å². The zero-order valence-corrected chi connectivity index (χ0v) is 21.9. The quantitative estimate of drug-likeness (QED) is 0.400. The number of carbonyl (C=O) groups excluding carboxylic acids is 2. The molecule has 1 saturated heterocycles. The van der Waals surface area contributed by atoms with Gasteiger partial charge in [0.05, 0.1) is 31.2 Å². The monoisotopic (exact) mass is 544 g/mol. The van der Waals surface area contributed by atoms with Gasteiger partial charge in [0.1, 0.15) is 6.54 Å². The Morgan fingerprint density at radius 3 is 2.53 bits per heavy atom. The molecular formula is C26H29ClN4O7. The number of hydrogen-bond acceptors (Lipinski definition) is 7. The molecule has 3 aromatic rings.